The van der Waals surface area contributed by atoms with Gasteiger partial charge in [0.2, 0.25) is 5.71 Å². The molecule has 136 valence electrons. The summed E-state index contributed by atoms with van der Waals surface area (Å²) in [5.74, 6) is 0.535. The maximum atomic E-state index is 6.04. The molecule has 0 bridgehead atoms. The molecule has 2 aromatic carbocycles. The van der Waals surface area contributed by atoms with Crippen molar-refractivity contribution in [3.63, 3.8) is 0 Å². The lowest BCUT2D eigenvalue weighted by Crippen LogP contribution is -1.88. The summed E-state index contributed by atoms with van der Waals surface area (Å²) in [5.41, 5.74) is 7.00. The van der Waals surface area contributed by atoms with E-state index in [0.29, 0.717) is 11.6 Å². The molecule has 0 aliphatic heterocycles. The lowest BCUT2D eigenvalue weighted by Gasteiger charge is -2.08. The van der Waals surface area contributed by atoms with E-state index >= 15 is 0 Å². The van der Waals surface area contributed by atoms with Gasteiger partial charge in [-0.25, -0.2) is 4.98 Å². The van der Waals surface area contributed by atoms with Crippen molar-refractivity contribution in [1.29, 1.82) is 0 Å². The highest BCUT2D eigenvalue weighted by Gasteiger charge is 2.13. The SMILES string of the molecule is CC(C)c1ccc(-c2ccc(-c3cccc4c3oc3ncccc34)nc2)cc1. The van der Waals surface area contributed by atoms with Crippen molar-refractivity contribution in [2.45, 2.75) is 19.8 Å². The number of nitrogens with zero attached hydrogens (tertiary/aromatic N) is 2. The van der Waals surface area contributed by atoms with Crippen LogP contribution in [-0.4, -0.2) is 9.97 Å². The van der Waals surface area contributed by atoms with Gasteiger partial charge in [0.1, 0.15) is 5.58 Å². The van der Waals surface area contributed by atoms with Crippen molar-refractivity contribution in [1.82, 2.24) is 9.97 Å². The smallest absolute Gasteiger partial charge is 0.227 e. The fourth-order valence-corrected chi connectivity index (χ4v) is 3.62. The minimum atomic E-state index is 0.535. The Morgan fingerprint density at radius 3 is 2.29 bits per heavy atom. The molecule has 0 fully saturated rings. The number of hydrogen-bond donors (Lipinski definition) is 0. The maximum absolute atomic E-state index is 6.04. The number of furan rings is 1. The van der Waals surface area contributed by atoms with E-state index in [1.165, 1.54) is 11.1 Å². The van der Waals surface area contributed by atoms with E-state index in [1.54, 1.807) is 6.20 Å². The van der Waals surface area contributed by atoms with Crippen LogP contribution in [0.15, 0.2) is 83.5 Å². The second kappa shape index (κ2) is 6.61. The summed E-state index contributed by atoms with van der Waals surface area (Å²) in [6.07, 6.45) is 3.68. The molecule has 0 radical (unpaired) electrons. The summed E-state index contributed by atoms with van der Waals surface area (Å²) in [6, 6.07) is 23.0. The van der Waals surface area contributed by atoms with E-state index in [-0.39, 0.29) is 0 Å². The highest BCUT2D eigenvalue weighted by molar-refractivity contribution is 6.08. The van der Waals surface area contributed by atoms with Crippen LogP contribution in [0.1, 0.15) is 25.3 Å². The minimum absolute atomic E-state index is 0.535. The molecule has 0 saturated heterocycles. The normalized spacial score (nSPS) is 11.5. The standard InChI is InChI=1S/C25H20N2O/c1-16(2)17-8-10-18(11-9-17)19-12-13-23(27-15-19)22-6-3-5-20-21-7-4-14-26-25(21)28-24(20)22/h3-16H,1-2H3. The Hall–Kier alpha value is -3.46. The predicted molar refractivity (Wildman–Crippen MR) is 114 cm³/mol. The molecule has 3 heteroatoms. The Kier molecular flexibility index (Phi) is 3.94. The molecule has 0 unspecified atom stereocenters. The van der Waals surface area contributed by atoms with E-state index in [1.807, 2.05) is 30.5 Å². The molecule has 0 aliphatic carbocycles. The summed E-state index contributed by atoms with van der Waals surface area (Å²) in [5, 5.41) is 2.09. The van der Waals surface area contributed by atoms with Gasteiger partial charge in [-0.05, 0) is 41.3 Å². The Balaban J connectivity index is 1.55. The van der Waals surface area contributed by atoms with Crippen LogP contribution in [-0.2, 0) is 0 Å². The van der Waals surface area contributed by atoms with Crippen LogP contribution in [0.3, 0.4) is 0 Å². The monoisotopic (exact) mass is 364 g/mol. The fraction of sp³-hybridized carbons (Fsp3) is 0.120. The third kappa shape index (κ3) is 2.76. The van der Waals surface area contributed by atoms with Crippen LogP contribution in [0.4, 0.5) is 0 Å². The molecule has 0 spiro atoms. The molecule has 0 amide bonds. The summed E-state index contributed by atoms with van der Waals surface area (Å²) in [6.45, 7) is 4.42. The van der Waals surface area contributed by atoms with Crippen LogP contribution in [0.5, 0.6) is 0 Å². The third-order valence-electron chi connectivity index (χ3n) is 5.23. The largest absolute Gasteiger partial charge is 0.437 e. The van der Waals surface area contributed by atoms with Crippen molar-refractivity contribution >= 4 is 22.1 Å². The molecule has 0 saturated carbocycles. The molecule has 3 heterocycles. The molecule has 28 heavy (non-hydrogen) atoms. The van der Waals surface area contributed by atoms with Gasteiger partial charge in [0, 0.05) is 34.3 Å². The minimum Gasteiger partial charge on any atom is -0.437 e. The van der Waals surface area contributed by atoms with E-state index in [9.17, 15) is 0 Å². The zero-order chi connectivity index (χ0) is 19.1. The first-order valence-electron chi connectivity index (χ1n) is 9.54. The molecule has 5 aromatic rings. The first kappa shape index (κ1) is 16.7. The van der Waals surface area contributed by atoms with E-state index < -0.39 is 0 Å². The molecule has 0 atom stereocenters. The van der Waals surface area contributed by atoms with Crippen molar-refractivity contribution < 1.29 is 4.42 Å². The van der Waals surface area contributed by atoms with E-state index in [2.05, 4.69) is 61.3 Å². The molecular formula is C25H20N2O. The van der Waals surface area contributed by atoms with Gasteiger partial charge in [-0.1, -0.05) is 56.3 Å². The van der Waals surface area contributed by atoms with Gasteiger partial charge in [-0.15, -0.1) is 0 Å². The lowest BCUT2D eigenvalue weighted by molar-refractivity contribution is 0.655. The number of benzene rings is 2. The van der Waals surface area contributed by atoms with Crippen LogP contribution in [0.25, 0.3) is 44.5 Å². The Labute approximate surface area is 163 Å². The van der Waals surface area contributed by atoms with Crippen molar-refractivity contribution in [2.24, 2.45) is 0 Å². The molecule has 0 N–H and O–H groups in total. The highest BCUT2D eigenvalue weighted by atomic mass is 16.3. The summed E-state index contributed by atoms with van der Waals surface area (Å²) < 4.78 is 6.04. The zero-order valence-corrected chi connectivity index (χ0v) is 15.9. The quantitative estimate of drug-likeness (QED) is 0.352. The van der Waals surface area contributed by atoms with Crippen LogP contribution in [0.2, 0.25) is 0 Å². The van der Waals surface area contributed by atoms with Crippen molar-refractivity contribution in [3.8, 4) is 22.4 Å². The second-order valence-corrected chi connectivity index (χ2v) is 7.35. The average Bonchev–Trinajstić information content (AvgIpc) is 3.13. The molecule has 3 nitrogen and oxygen atoms in total. The first-order valence-corrected chi connectivity index (χ1v) is 9.54. The fourth-order valence-electron chi connectivity index (χ4n) is 3.62. The van der Waals surface area contributed by atoms with Gasteiger partial charge < -0.3 is 4.42 Å². The van der Waals surface area contributed by atoms with Gasteiger partial charge >= 0.3 is 0 Å². The maximum Gasteiger partial charge on any atom is 0.227 e. The van der Waals surface area contributed by atoms with Crippen LogP contribution < -0.4 is 0 Å². The van der Waals surface area contributed by atoms with Crippen LogP contribution >= 0.6 is 0 Å². The molecule has 0 aliphatic rings. The van der Waals surface area contributed by atoms with Crippen LogP contribution in [0, 0.1) is 0 Å². The third-order valence-corrected chi connectivity index (χ3v) is 5.23. The number of para-hydroxylation sites is 1. The summed E-state index contributed by atoms with van der Waals surface area (Å²) in [4.78, 5) is 9.06. The van der Waals surface area contributed by atoms with Gasteiger partial charge in [0.15, 0.2) is 0 Å². The topological polar surface area (TPSA) is 38.9 Å². The van der Waals surface area contributed by atoms with E-state index in [4.69, 9.17) is 9.40 Å². The Bertz CT molecular complexity index is 1270. The van der Waals surface area contributed by atoms with E-state index in [0.717, 1.165) is 33.2 Å². The van der Waals surface area contributed by atoms with Gasteiger partial charge in [-0.3, -0.25) is 4.98 Å². The molecule has 5 rings (SSSR count). The highest BCUT2D eigenvalue weighted by Crippen LogP contribution is 2.34. The summed E-state index contributed by atoms with van der Waals surface area (Å²) >= 11 is 0. The lowest BCUT2D eigenvalue weighted by atomic mass is 9.99. The average molecular weight is 364 g/mol. The Morgan fingerprint density at radius 1 is 0.750 bits per heavy atom. The zero-order valence-electron chi connectivity index (χ0n) is 15.9. The number of aromatic nitrogens is 2. The summed E-state index contributed by atoms with van der Waals surface area (Å²) in [7, 11) is 0. The second-order valence-electron chi connectivity index (χ2n) is 7.35. The van der Waals surface area contributed by atoms with Gasteiger partial charge in [0.05, 0.1) is 5.69 Å². The number of fused-ring (bicyclic) bond motifs is 3. The number of rotatable bonds is 3. The predicted octanol–water partition coefficient (Wildman–Crippen LogP) is 6.83. The Morgan fingerprint density at radius 2 is 1.54 bits per heavy atom. The number of hydrogen-bond acceptors (Lipinski definition) is 3. The number of pyridine rings is 2. The molecule has 3 aromatic heterocycles. The van der Waals surface area contributed by atoms with Gasteiger partial charge in [-0.2, -0.15) is 0 Å². The first-order chi connectivity index (χ1) is 13.7. The van der Waals surface area contributed by atoms with Crippen molar-refractivity contribution in [2.75, 3.05) is 0 Å². The van der Waals surface area contributed by atoms with Gasteiger partial charge in [0.25, 0.3) is 0 Å². The van der Waals surface area contributed by atoms with Crippen molar-refractivity contribution in [3.05, 3.63) is 84.7 Å². The molecular weight excluding hydrogens is 344 g/mol.